The molecule has 1 aromatic heterocycles. The topological polar surface area (TPSA) is 73.1 Å². The lowest BCUT2D eigenvalue weighted by Crippen LogP contribution is -2.17. The molecule has 5 nitrogen and oxygen atoms in total. The highest BCUT2D eigenvalue weighted by Crippen LogP contribution is 2.18. The highest BCUT2D eigenvalue weighted by atomic mass is 16.5. The van der Waals surface area contributed by atoms with Gasteiger partial charge in [0.1, 0.15) is 0 Å². The quantitative estimate of drug-likeness (QED) is 0.731. The van der Waals surface area contributed by atoms with E-state index in [1.807, 2.05) is 6.92 Å². The number of nitrogens with zero attached hydrogens (tertiary/aromatic N) is 2. The lowest BCUT2D eigenvalue weighted by Gasteiger charge is -2.18. The van der Waals surface area contributed by atoms with E-state index < -0.39 is 0 Å². The standard InChI is InChI=1S/C11H18N4O/c1-8-9-7-16-6-3-10(9)15-11(14-8)13-5-2-4-12/h2-7,12H2,1H3,(H,13,14,15). The first kappa shape index (κ1) is 11.3. The second-order valence-corrected chi connectivity index (χ2v) is 3.93. The third-order valence-electron chi connectivity index (χ3n) is 2.69. The number of aryl methyl sites for hydroxylation is 1. The molecule has 2 rings (SSSR count). The summed E-state index contributed by atoms with van der Waals surface area (Å²) in [6.45, 7) is 4.91. The molecule has 0 saturated heterocycles. The zero-order valence-corrected chi connectivity index (χ0v) is 9.62. The van der Waals surface area contributed by atoms with E-state index >= 15 is 0 Å². The van der Waals surface area contributed by atoms with Crippen LogP contribution in [-0.2, 0) is 17.8 Å². The van der Waals surface area contributed by atoms with Crippen LogP contribution in [0.5, 0.6) is 0 Å². The molecule has 0 aromatic carbocycles. The molecule has 0 aliphatic carbocycles. The van der Waals surface area contributed by atoms with Gasteiger partial charge < -0.3 is 15.8 Å². The van der Waals surface area contributed by atoms with Gasteiger partial charge in [-0.3, -0.25) is 0 Å². The minimum Gasteiger partial charge on any atom is -0.376 e. The van der Waals surface area contributed by atoms with Gasteiger partial charge in [-0.15, -0.1) is 0 Å². The molecule has 3 N–H and O–H groups in total. The molecule has 0 unspecified atom stereocenters. The van der Waals surface area contributed by atoms with Crippen molar-refractivity contribution in [3.05, 3.63) is 17.0 Å². The average Bonchev–Trinajstić information content (AvgIpc) is 2.30. The minimum absolute atomic E-state index is 0.643. The molecule has 0 bridgehead atoms. The normalized spacial score (nSPS) is 14.6. The van der Waals surface area contributed by atoms with Gasteiger partial charge in [-0.25, -0.2) is 9.97 Å². The van der Waals surface area contributed by atoms with Crippen molar-refractivity contribution in [2.75, 3.05) is 25.0 Å². The van der Waals surface area contributed by atoms with E-state index in [1.54, 1.807) is 0 Å². The Morgan fingerprint density at radius 3 is 3.12 bits per heavy atom. The van der Waals surface area contributed by atoms with Crippen LogP contribution in [0.3, 0.4) is 0 Å². The van der Waals surface area contributed by atoms with Crippen LogP contribution in [0.25, 0.3) is 0 Å². The summed E-state index contributed by atoms with van der Waals surface area (Å²) in [4.78, 5) is 8.92. The molecule has 1 aliphatic heterocycles. The molecule has 0 radical (unpaired) electrons. The van der Waals surface area contributed by atoms with Gasteiger partial charge in [0, 0.05) is 24.2 Å². The van der Waals surface area contributed by atoms with E-state index in [0.29, 0.717) is 19.1 Å². The number of hydrogen-bond acceptors (Lipinski definition) is 5. The first-order valence-electron chi connectivity index (χ1n) is 5.69. The van der Waals surface area contributed by atoms with Crippen LogP contribution in [-0.4, -0.2) is 29.7 Å². The van der Waals surface area contributed by atoms with Gasteiger partial charge in [0.25, 0.3) is 0 Å². The summed E-state index contributed by atoms with van der Waals surface area (Å²) in [7, 11) is 0. The second-order valence-electron chi connectivity index (χ2n) is 3.93. The molecule has 5 heteroatoms. The van der Waals surface area contributed by atoms with Crippen LogP contribution < -0.4 is 11.1 Å². The number of anilines is 1. The molecule has 88 valence electrons. The Morgan fingerprint density at radius 2 is 2.31 bits per heavy atom. The van der Waals surface area contributed by atoms with Crippen molar-refractivity contribution in [2.45, 2.75) is 26.4 Å². The summed E-state index contributed by atoms with van der Waals surface area (Å²) in [5.41, 5.74) is 8.72. The summed E-state index contributed by atoms with van der Waals surface area (Å²) in [5, 5.41) is 3.19. The summed E-state index contributed by atoms with van der Waals surface area (Å²) in [5.74, 6) is 0.714. The van der Waals surface area contributed by atoms with E-state index in [1.165, 1.54) is 0 Å². The summed E-state index contributed by atoms with van der Waals surface area (Å²) in [6, 6.07) is 0. The van der Waals surface area contributed by atoms with Crippen molar-refractivity contribution >= 4 is 5.95 Å². The Morgan fingerprint density at radius 1 is 1.44 bits per heavy atom. The van der Waals surface area contributed by atoms with E-state index in [2.05, 4.69) is 15.3 Å². The van der Waals surface area contributed by atoms with Crippen LogP contribution in [0.1, 0.15) is 23.4 Å². The molecule has 0 atom stereocenters. The summed E-state index contributed by atoms with van der Waals surface area (Å²) in [6.07, 6.45) is 1.81. The third-order valence-corrected chi connectivity index (χ3v) is 2.69. The SMILES string of the molecule is Cc1nc(NCCCN)nc2c1COCC2. The maximum atomic E-state index is 5.44. The lowest BCUT2D eigenvalue weighted by molar-refractivity contribution is 0.108. The molecule has 2 heterocycles. The third kappa shape index (κ3) is 2.48. The largest absolute Gasteiger partial charge is 0.376 e. The first-order chi connectivity index (χ1) is 7.81. The van der Waals surface area contributed by atoms with Gasteiger partial charge in [-0.1, -0.05) is 0 Å². The zero-order chi connectivity index (χ0) is 11.4. The molecule has 1 aliphatic rings. The van der Waals surface area contributed by atoms with Crippen LogP contribution in [0.15, 0.2) is 0 Å². The predicted molar refractivity (Wildman–Crippen MR) is 62.3 cm³/mol. The fourth-order valence-electron chi connectivity index (χ4n) is 1.77. The van der Waals surface area contributed by atoms with Crippen LogP contribution in [0.2, 0.25) is 0 Å². The summed E-state index contributed by atoms with van der Waals surface area (Å²) >= 11 is 0. The average molecular weight is 222 g/mol. The zero-order valence-electron chi connectivity index (χ0n) is 9.62. The number of ether oxygens (including phenoxy) is 1. The van der Waals surface area contributed by atoms with Gasteiger partial charge >= 0.3 is 0 Å². The summed E-state index contributed by atoms with van der Waals surface area (Å²) < 4.78 is 5.40. The van der Waals surface area contributed by atoms with E-state index in [4.69, 9.17) is 10.5 Å². The Balaban J connectivity index is 2.12. The van der Waals surface area contributed by atoms with Crippen molar-refractivity contribution in [3.63, 3.8) is 0 Å². The van der Waals surface area contributed by atoms with Gasteiger partial charge in [0.2, 0.25) is 5.95 Å². The Hall–Kier alpha value is -1.20. The van der Waals surface area contributed by atoms with Gasteiger partial charge in [0.15, 0.2) is 0 Å². The molecule has 1 aromatic rings. The highest BCUT2D eigenvalue weighted by molar-refractivity contribution is 5.34. The number of hydrogen-bond donors (Lipinski definition) is 2. The monoisotopic (exact) mass is 222 g/mol. The number of nitrogens with one attached hydrogen (secondary N) is 1. The predicted octanol–water partition coefficient (Wildman–Crippen LogP) is 0.618. The Kier molecular flexibility index (Phi) is 3.69. The number of fused-ring (bicyclic) bond motifs is 1. The van der Waals surface area contributed by atoms with Gasteiger partial charge in [-0.2, -0.15) is 0 Å². The highest BCUT2D eigenvalue weighted by Gasteiger charge is 2.15. The number of rotatable bonds is 4. The van der Waals surface area contributed by atoms with Crippen LogP contribution >= 0.6 is 0 Å². The number of aromatic nitrogens is 2. The second kappa shape index (κ2) is 5.23. The molecular formula is C11H18N4O. The molecule has 0 amide bonds. The Bertz CT molecular complexity index is 367. The van der Waals surface area contributed by atoms with Crippen molar-refractivity contribution in [1.29, 1.82) is 0 Å². The smallest absolute Gasteiger partial charge is 0.223 e. The minimum atomic E-state index is 0.643. The van der Waals surface area contributed by atoms with Crippen molar-refractivity contribution < 1.29 is 4.74 Å². The molecule has 0 spiro atoms. The van der Waals surface area contributed by atoms with Gasteiger partial charge in [-0.05, 0) is 19.9 Å². The van der Waals surface area contributed by atoms with E-state index in [0.717, 1.165) is 42.9 Å². The first-order valence-corrected chi connectivity index (χ1v) is 5.69. The molecule has 16 heavy (non-hydrogen) atoms. The molecule has 0 fully saturated rings. The maximum Gasteiger partial charge on any atom is 0.223 e. The fourth-order valence-corrected chi connectivity index (χ4v) is 1.77. The van der Waals surface area contributed by atoms with Gasteiger partial charge in [0.05, 0.1) is 18.9 Å². The fraction of sp³-hybridized carbons (Fsp3) is 0.636. The molecular weight excluding hydrogens is 204 g/mol. The van der Waals surface area contributed by atoms with E-state index in [-0.39, 0.29) is 0 Å². The van der Waals surface area contributed by atoms with Crippen molar-refractivity contribution in [3.8, 4) is 0 Å². The van der Waals surface area contributed by atoms with E-state index in [9.17, 15) is 0 Å². The van der Waals surface area contributed by atoms with Crippen LogP contribution in [0.4, 0.5) is 5.95 Å². The number of nitrogens with two attached hydrogens (primary N) is 1. The van der Waals surface area contributed by atoms with Crippen molar-refractivity contribution in [2.24, 2.45) is 5.73 Å². The van der Waals surface area contributed by atoms with Crippen molar-refractivity contribution in [1.82, 2.24) is 9.97 Å². The Labute approximate surface area is 95.4 Å². The van der Waals surface area contributed by atoms with Crippen LogP contribution in [0, 0.1) is 6.92 Å². The lowest BCUT2D eigenvalue weighted by atomic mass is 10.1. The molecule has 0 saturated carbocycles. The maximum absolute atomic E-state index is 5.44.